The summed E-state index contributed by atoms with van der Waals surface area (Å²) in [6.07, 6.45) is 0.544. The molecule has 0 rings (SSSR count). The Bertz CT molecular complexity index is 243. The van der Waals surface area contributed by atoms with Crippen LogP contribution in [0.15, 0.2) is 5.16 Å². The average Bonchev–Trinajstić information content (AvgIpc) is 1.87. The van der Waals surface area contributed by atoms with Gasteiger partial charge in [0.25, 0.3) is 10.1 Å². The highest BCUT2D eigenvalue weighted by Gasteiger charge is 2.20. The van der Waals surface area contributed by atoms with Crippen LogP contribution >= 0.6 is 0 Å². The van der Waals surface area contributed by atoms with Gasteiger partial charge >= 0.3 is 0 Å². The summed E-state index contributed by atoms with van der Waals surface area (Å²) < 4.78 is 28.8. The molecule has 0 heterocycles. The molecule has 1 atom stereocenters. The molecule has 0 aromatic rings. The molecule has 1 unspecified atom stereocenters. The minimum Gasteiger partial charge on any atom is -0.411 e. The standard InChI is InChI=1S/C4H7NO5S/c6-3-4(1-2-5-7)11(8,9)10/h2-4,7H,1H2,(H,8,9,10). The van der Waals surface area contributed by atoms with E-state index in [9.17, 15) is 13.2 Å². The molecule has 0 aliphatic carbocycles. The maximum atomic E-state index is 10.2. The van der Waals surface area contributed by atoms with E-state index >= 15 is 0 Å². The number of nitrogens with zero attached hydrogens (tertiary/aromatic N) is 1. The van der Waals surface area contributed by atoms with E-state index in [1.165, 1.54) is 0 Å². The van der Waals surface area contributed by atoms with Gasteiger partial charge in [0.15, 0.2) is 0 Å². The number of hydrogen-bond donors (Lipinski definition) is 2. The van der Waals surface area contributed by atoms with Crippen LogP contribution in [0.4, 0.5) is 0 Å². The zero-order valence-corrected chi connectivity index (χ0v) is 6.23. The normalized spacial score (nSPS) is 15.0. The molecule has 0 saturated carbocycles. The Morgan fingerprint density at radius 1 is 1.55 bits per heavy atom. The molecule has 0 fully saturated rings. The highest BCUT2D eigenvalue weighted by Crippen LogP contribution is 1.98. The van der Waals surface area contributed by atoms with Crippen LogP contribution in [0, 0.1) is 0 Å². The SMILES string of the molecule is O=CC(CC=NO)S(=O)(=O)O. The lowest BCUT2D eigenvalue weighted by Crippen LogP contribution is -2.22. The summed E-state index contributed by atoms with van der Waals surface area (Å²) in [4.78, 5) is 9.98. The third kappa shape index (κ3) is 3.68. The fraction of sp³-hybridized carbons (Fsp3) is 0.500. The molecule has 64 valence electrons. The van der Waals surface area contributed by atoms with E-state index in [-0.39, 0.29) is 12.7 Å². The lowest BCUT2D eigenvalue weighted by Gasteiger charge is -1.99. The molecule has 6 nitrogen and oxygen atoms in total. The van der Waals surface area contributed by atoms with Crippen molar-refractivity contribution in [2.24, 2.45) is 5.16 Å². The minimum atomic E-state index is -4.36. The van der Waals surface area contributed by atoms with Gasteiger partial charge in [-0.05, 0) is 0 Å². The van der Waals surface area contributed by atoms with Gasteiger partial charge in [-0.15, -0.1) is 5.16 Å². The van der Waals surface area contributed by atoms with Crippen LogP contribution in [0.25, 0.3) is 0 Å². The monoisotopic (exact) mass is 181 g/mol. The van der Waals surface area contributed by atoms with E-state index in [0.717, 1.165) is 6.21 Å². The van der Waals surface area contributed by atoms with Crippen molar-refractivity contribution < 1.29 is 23.0 Å². The van der Waals surface area contributed by atoms with E-state index in [1.807, 2.05) is 0 Å². The Hall–Kier alpha value is -0.950. The molecule has 7 heteroatoms. The van der Waals surface area contributed by atoms with Crippen LogP contribution < -0.4 is 0 Å². The Balaban J connectivity index is 4.31. The minimum absolute atomic E-state index is 0.0665. The number of hydrogen-bond acceptors (Lipinski definition) is 5. The van der Waals surface area contributed by atoms with Gasteiger partial charge in [0, 0.05) is 12.6 Å². The van der Waals surface area contributed by atoms with Crippen LogP contribution in [0.2, 0.25) is 0 Å². The second kappa shape index (κ2) is 4.04. The van der Waals surface area contributed by atoms with Gasteiger partial charge in [-0.25, -0.2) is 0 Å². The van der Waals surface area contributed by atoms with Crippen molar-refractivity contribution in [1.82, 2.24) is 0 Å². The van der Waals surface area contributed by atoms with Crippen LogP contribution in [0.1, 0.15) is 6.42 Å². The number of rotatable bonds is 4. The average molecular weight is 181 g/mol. The van der Waals surface area contributed by atoms with E-state index in [1.54, 1.807) is 0 Å². The molecule has 11 heavy (non-hydrogen) atoms. The zero-order chi connectivity index (χ0) is 8.91. The van der Waals surface area contributed by atoms with E-state index < -0.39 is 15.4 Å². The predicted octanol–water partition coefficient (Wildman–Crippen LogP) is -0.708. The number of carbonyl (C=O) groups is 1. The Morgan fingerprint density at radius 3 is 2.36 bits per heavy atom. The van der Waals surface area contributed by atoms with Crippen molar-refractivity contribution in [2.75, 3.05) is 0 Å². The molecule has 0 aliphatic heterocycles. The summed E-state index contributed by atoms with van der Waals surface area (Å²) in [6, 6.07) is 0. The van der Waals surface area contributed by atoms with Crippen molar-refractivity contribution in [3.8, 4) is 0 Å². The lowest BCUT2D eigenvalue weighted by molar-refractivity contribution is -0.107. The molecule has 0 spiro atoms. The van der Waals surface area contributed by atoms with Crippen LogP contribution in [-0.4, -0.2) is 35.9 Å². The van der Waals surface area contributed by atoms with Gasteiger partial charge in [0.2, 0.25) is 0 Å². The zero-order valence-electron chi connectivity index (χ0n) is 5.41. The Kier molecular flexibility index (Phi) is 3.69. The first-order valence-electron chi connectivity index (χ1n) is 2.60. The third-order valence-corrected chi connectivity index (χ3v) is 2.02. The van der Waals surface area contributed by atoms with Crippen LogP contribution in [-0.2, 0) is 14.9 Å². The summed E-state index contributed by atoms with van der Waals surface area (Å²) in [6.45, 7) is 0. The molecule has 0 saturated heterocycles. The topological polar surface area (TPSA) is 104 Å². The summed E-state index contributed by atoms with van der Waals surface area (Å²) >= 11 is 0. The highest BCUT2D eigenvalue weighted by molar-refractivity contribution is 7.87. The predicted molar refractivity (Wildman–Crippen MR) is 36.3 cm³/mol. The van der Waals surface area contributed by atoms with Gasteiger partial charge in [0.05, 0.1) is 0 Å². The first-order chi connectivity index (χ1) is 5.02. The van der Waals surface area contributed by atoms with Gasteiger partial charge < -0.3 is 10.0 Å². The highest BCUT2D eigenvalue weighted by atomic mass is 32.2. The smallest absolute Gasteiger partial charge is 0.275 e. The van der Waals surface area contributed by atoms with Gasteiger partial charge in [-0.3, -0.25) is 4.55 Å². The van der Waals surface area contributed by atoms with Gasteiger partial charge in [-0.2, -0.15) is 8.42 Å². The Morgan fingerprint density at radius 2 is 2.09 bits per heavy atom. The Labute approximate surface area is 63.3 Å². The fourth-order valence-electron chi connectivity index (χ4n) is 0.398. The third-order valence-electron chi connectivity index (χ3n) is 0.954. The molecule has 0 bridgehead atoms. The van der Waals surface area contributed by atoms with Crippen molar-refractivity contribution >= 4 is 22.6 Å². The molecule has 0 aromatic heterocycles. The van der Waals surface area contributed by atoms with Crippen molar-refractivity contribution in [2.45, 2.75) is 11.7 Å². The van der Waals surface area contributed by atoms with Gasteiger partial charge in [-0.1, -0.05) is 0 Å². The second-order valence-corrected chi connectivity index (χ2v) is 3.36. The maximum Gasteiger partial charge on any atom is 0.275 e. The summed E-state index contributed by atoms with van der Waals surface area (Å²) in [5, 5.41) is 8.79. The first kappa shape index (κ1) is 10.0. The molecule has 0 amide bonds. The van der Waals surface area contributed by atoms with Crippen molar-refractivity contribution in [3.05, 3.63) is 0 Å². The molecule has 0 aliphatic rings. The molecule has 0 aromatic carbocycles. The summed E-state index contributed by atoms with van der Waals surface area (Å²) in [5.74, 6) is 0. The summed E-state index contributed by atoms with van der Waals surface area (Å²) in [5.41, 5.74) is 0. The molecule has 0 radical (unpaired) electrons. The number of oxime groups is 1. The van der Waals surface area contributed by atoms with E-state index in [0.29, 0.717) is 0 Å². The molecule has 2 N–H and O–H groups in total. The number of aldehydes is 1. The fourth-order valence-corrected chi connectivity index (χ4v) is 0.868. The molecular formula is C4H7NO5S. The van der Waals surface area contributed by atoms with Crippen molar-refractivity contribution in [3.63, 3.8) is 0 Å². The maximum absolute atomic E-state index is 10.2. The lowest BCUT2D eigenvalue weighted by atomic mass is 10.3. The van der Waals surface area contributed by atoms with E-state index in [2.05, 4.69) is 5.16 Å². The van der Waals surface area contributed by atoms with Crippen molar-refractivity contribution in [1.29, 1.82) is 0 Å². The summed E-state index contributed by atoms with van der Waals surface area (Å²) in [7, 11) is -4.36. The first-order valence-corrected chi connectivity index (χ1v) is 4.10. The van der Waals surface area contributed by atoms with Crippen LogP contribution in [0.3, 0.4) is 0 Å². The quantitative estimate of drug-likeness (QED) is 0.196. The molecular weight excluding hydrogens is 174 g/mol. The largest absolute Gasteiger partial charge is 0.411 e. The second-order valence-electron chi connectivity index (χ2n) is 1.72. The number of carbonyl (C=O) groups excluding carboxylic acids is 1. The van der Waals surface area contributed by atoms with Gasteiger partial charge in [0.1, 0.15) is 11.5 Å². The van der Waals surface area contributed by atoms with Crippen LogP contribution in [0.5, 0.6) is 0 Å². The van der Waals surface area contributed by atoms with E-state index in [4.69, 9.17) is 9.76 Å².